The molecular weight excluding hydrogens is 428 g/mol. The van der Waals surface area contributed by atoms with Gasteiger partial charge in [0, 0.05) is 39.3 Å². The van der Waals surface area contributed by atoms with Crippen molar-refractivity contribution >= 4 is 0 Å². The first kappa shape index (κ1) is 25.0. The molecule has 0 saturated carbocycles. The van der Waals surface area contributed by atoms with E-state index in [-0.39, 0.29) is 12.2 Å². The molecule has 2 aliphatic rings. The highest BCUT2D eigenvalue weighted by Gasteiger charge is 2.20. The van der Waals surface area contributed by atoms with Gasteiger partial charge >= 0.3 is 0 Å². The second-order valence-electron chi connectivity index (χ2n) is 9.80. The van der Waals surface area contributed by atoms with Crippen LogP contribution < -0.4 is 9.47 Å². The molecule has 0 amide bonds. The Kier molecular flexibility index (Phi) is 8.84. The van der Waals surface area contributed by atoms with Crippen LogP contribution in [0.1, 0.15) is 36.8 Å². The first-order valence-corrected chi connectivity index (χ1v) is 12.8. The SMILES string of the molecule is Cc1cc(OCCCN2CC[C@@H](O)C2)ccc1-c1cccc(OCCCN2CC[C@@H](O)C2)c1C. The summed E-state index contributed by atoms with van der Waals surface area (Å²) in [5.74, 6) is 1.84. The summed E-state index contributed by atoms with van der Waals surface area (Å²) in [5.41, 5.74) is 4.74. The van der Waals surface area contributed by atoms with Crippen LogP contribution in [0.15, 0.2) is 36.4 Å². The van der Waals surface area contributed by atoms with Crippen LogP contribution in [-0.4, -0.2) is 84.7 Å². The van der Waals surface area contributed by atoms with Crippen LogP contribution in [0.2, 0.25) is 0 Å². The third-order valence-corrected chi connectivity index (χ3v) is 7.03. The van der Waals surface area contributed by atoms with Gasteiger partial charge in [-0.2, -0.15) is 0 Å². The molecule has 2 aliphatic heterocycles. The predicted molar refractivity (Wildman–Crippen MR) is 136 cm³/mol. The van der Waals surface area contributed by atoms with Crippen molar-refractivity contribution in [3.63, 3.8) is 0 Å². The number of aliphatic hydroxyl groups is 2. The molecule has 2 saturated heterocycles. The number of aryl methyl sites for hydroxylation is 1. The fraction of sp³-hybridized carbons (Fsp3) is 0.571. The Labute approximate surface area is 204 Å². The Hall–Kier alpha value is -2.12. The molecule has 0 bridgehead atoms. The van der Waals surface area contributed by atoms with Crippen LogP contribution in [0.25, 0.3) is 11.1 Å². The summed E-state index contributed by atoms with van der Waals surface area (Å²) in [5, 5.41) is 19.3. The van der Waals surface area contributed by atoms with E-state index in [9.17, 15) is 10.2 Å². The number of likely N-dealkylation sites (tertiary alicyclic amines) is 2. The number of rotatable bonds is 11. The van der Waals surface area contributed by atoms with E-state index in [0.29, 0.717) is 13.2 Å². The highest BCUT2D eigenvalue weighted by Crippen LogP contribution is 2.33. The van der Waals surface area contributed by atoms with Gasteiger partial charge in [0.05, 0.1) is 25.4 Å². The third-order valence-electron chi connectivity index (χ3n) is 7.03. The molecule has 2 aromatic carbocycles. The zero-order chi connectivity index (χ0) is 23.9. The number of nitrogens with zero attached hydrogens (tertiary/aromatic N) is 2. The molecule has 34 heavy (non-hydrogen) atoms. The molecule has 2 N–H and O–H groups in total. The van der Waals surface area contributed by atoms with Crippen LogP contribution in [0.4, 0.5) is 0 Å². The second-order valence-corrected chi connectivity index (χ2v) is 9.80. The van der Waals surface area contributed by atoms with Crippen molar-refractivity contribution in [3.8, 4) is 22.6 Å². The number of benzene rings is 2. The van der Waals surface area contributed by atoms with Gasteiger partial charge in [0.2, 0.25) is 0 Å². The lowest BCUT2D eigenvalue weighted by atomic mass is 9.96. The Bertz CT molecular complexity index is 935. The number of ether oxygens (including phenoxy) is 2. The van der Waals surface area contributed by atoms with Crippen molar-refractivity contribution in [2.24, 2.45) is 0 Å². The van der Waals surface area contributed by atoms with E-state index in [1.807, 2.05) is 6.07 Å². The fourth-order valence-corrected chi connectivity index (χ4v) is 5.07. The minimum Gasteiger partial charge on any atom is -0.494 e. The molecule has 0 radical (unpaired) electrons. The van der Waals surface area contributed by atoms with Crippen LogP contribution in [0.3, 0.4) is 0 Å². The minimum atomic E-state index is -0.162. The maximum Gasteiger partial charge on any atom is 0.122 e. The van der Waals surface area contributed by atoms with E-state index >= 15 is 0 Å². The van der Waals surface area contributed by atoms with Crippen LogP contribution in [0.5, 0.6) is 11.5 Å². The van der Waals surface area contributed by atoms with Crippen molar-refractivity contribution in [1.82, 2.24) is 9.80 Å². The first-order chi connectivity index (χ1) is 16.5. The van der Waals surface area contributed by atoms with Gasteiger partial charge < -0.3 is 29.5 Å². The molecule has 4 rings (SSSR count). The van der Waals surface area contributed by atoms with Gasteiger partial charge in [-0.05, 0) is 80.0 Å². The molecule has 0 aromatic heterocycles. The molecular formula is C28H40N2O4. The van der Waals surface area contributed by atoms with E-state index in [1.54, 1.807) is 0 Å². The number of aliphatic hydroxyl groups excluding tert-OH is 2. The normalized spacial score (nSPS) is 21.3. The maximum atomic E-state index is 9.66. The van der Waals surface area contributed by atoms with Crippen molar-refractivity contribution in [2.75, 3.05) is 52.5 Å². The van der Waals surface area contributed by atoms with E-state index in [0.717, 1.165) is 82.0 Å². The highest BCUT2D eigenvalue weighted by molar-refractivity contribution is 5.73. The molecule has 186 valence electrons. The summed E-state index contributed by atoms with van der Waals surface area (Å²) in [4.78, 5) is 4.61. The topological polar surface area (TPSA) is 65.4 Å². The minimum absolute atomic E-state index is 0.159. The smallest absolute Gasteiger partial charge is 0.122 e. The summed E-state index contributed by atoms with van der Waals surface area (Å²) in [6.07, 6.45) is 3.37. The Morgan fingerprint density at radius 1 is 0.824 bits per heavy atom. The second kappa shape index (κ2) is 12.0. The lowest BCUT2D eigenvalue weighted by Gasteiger charge is -2.17. The molecule has 2 atom stereocenters. The quantitative estimate of drug-likeness (QED) is 0.491. The van der Waals surface area contributed by atoms with Crippen molar-refractivity contribution in [1.29, 1.82) is 0 Å². The van der Waals surface area contributed by atoms with Gasteiger partial charge in [-0.15, -0.1) is 0 Å². The standard InChI is InChI=1S/C28H40N2O4/c1-21-18-25(33-16-4-12-29-14-10-23(31)19-29)8-9-26(21)27-6-3-7-28(22(27)2)34-17-5-13-30-15-11-24(32)20-30/h3,6-9,18,23-24,31-32H,4-5,10-17,19-20H2,1-2H3/t23-,24-/m1/s1. The molecule has 2 fully saturated rings. The van der Waals surface area contributed by atoms with Crippen molar-refractivity contribution in [3.05, 3.63) is 47.5 Å². The lowest BCUT2D eigenvalue weighted by Crippen LogP contribution is -2.24. The summed E-state index contributed by atoms with van der Waals surface area (Å²) < 4.78 is 12.1. The predicted octanol–water partition coefficient (Wildman–Crippen LogP) is 3.64. The fourth-order valence-electron chi connectivity index (χ4n) is 5.07. The molecule has 0 aliphatic carbocycles. The number of hydrogen-bond acceptors (Lipinski definition) is 6. The molecule has 2 heterocycles. The molecule has 2 aromatic rings. The molecule has 6 heteroatoms. The summed E-state index contributed by atoms with van der Waals surface area (Å²) in [7, 11) is 0. The third kappa shape index (κ3) is 6.72. The Balaban J connectivity index is 1.28. The Morgan fingerprint density at radius 3 is 2.06 bits per heavy atom. The first-order valence-electron chi connectivity index (χ1n) is 12.8. The van der Waals surface area contributed by atoms with Gasteiger partial charge in [0.25, 0.3) is 0 Å². The van der Waals surface area contributed by atoms with Crippen LogP contribution >= 0.6 is 0 Å². The molecule has 0 unspecified atom stereocenters. The summed E-state index contributed by atoms with van der Waals surface area (Å²) in [6.45, 7) is 11.1. The lowest BCUT2D eigenvalue weighted by molar-refractivity contribution is 0.172. The average molecular weight is 469 g/mol. The number of β-amino-alcohol motifs (C(OH)–C–C–N with tert-alkyl or cyclic N) is 2. The largest absolute Gasteiger partial charge is 0.494 e. The highest BCUT2D eigenvalue weighted by atomic mass is 16.5. The van der Waals surface area contributed by atoms with Crippen molar-refractivity contribution in [2.45, 2.75) is 51.7 Å². The zero-order valence-electron chi connectivity index (χ0n) is 20.7. The number of hydrogen-bond donors (Lipinski definition) is 2. The molecule has 6 nitrogen and oxygen atoms in total. The van der Waals surface area contributed by atoms with Gasteiger partial charge in [0.1, 0.15) is 11.5 Å². The van der Waals surface area contributed by atoms with E-state index in [4.69, 9.17) is 9.47 Å². The zero-order valence-corrected chi connectivity index (χ0v) is 20.7. The van der Waals surface area contributed by atoms with Gasteiger partial charge in [-0.3, -0.25) is 0 Å². The van der Waals surface area contributed by atoms with Crippen LogP contribution in [-0.2, 0) is 0 Å². The molecule has 0 spiro atoms. The van der Waals surface area contributed by atoms with Gasteiger partial charge in [0.15, 0.2) is 0 Å². The maximum absolute atomic E-state index is 9.66. The summed E-state index contributed by atoms with van der Waals surface area (Å²) >= 11 is 0. The van der Waals surface area contributed by atoms with Crippen LogP contribution in [0, 0.1) is 13.8 Å². The van der Waals surface area contributed by atoms with E-state index in [1.165, 1.54) is 16.7 Å². The van der Waals surface area contributed by atoms with Gasteiger partial charge in [-0.1, -0.05) is 18.2 Å². The van der Waals surface area contributed by atoms with Crippen molar-refractivity contribution < 1.29 is 19.7 Å². The Morgan fingerprint density at radius 2 is 1.47 bits per heavy atom. The summed E-state index contributed by atoms with van der Waals surface area (Å²) in [6, 6.07) is 12.6. The average Bonchev–Trinajstić information content (AvgIpc) is 3.43. The van der Waals surface area contributed by atoms with Gasteiger partial charge in [-0.25, -0.2) is 0 Å². The van der Waals surface area contributed by atoms with E-state index < -0.39 is 0 Å². The monoisotopic (exact) mass is 468 g/mol. The van der Waals surface area contributed by atoms with E-state index in [2.05, 4.69) is 54.0 Å².